The Balaban J connectivity index is 0.000000399. The molecule has 1 rings (SSSR count). The molecule has 0 fully saturated rings. The lowest BCUT2D eigenvalue weighted by Gasteiger charge is -2.09. The van der Waals surface area contributed by atoms with Crippen molar-refractivity contribution < 1.29 is 19.4 Å². The third-order valence-corrected chi connectivity index (χ3v) is 1.88. The lowest BCUT2D eigenvalue weighted by atomic mass is 10.2. The number of benzene rings is 1. The summed E-state index contributed by atoms with van der Waals surface area (Å²) in [5.74, 6) is -0.398. The van der Waals surface area contributed by atoms with Crippen molar-refractivity contribution in [3.05, 3.63) is 35.9 Å². The minimum Gasteiger partial charge on any atom is -0.460 e. The summed E-state index contributed by atoms with van der Waals surface area (Å²) in [5, 5.41) is 8.38. The number of carbonyl (C=O) groups is 1. The summed E-state index contributed by atoms with van der Waals surface area (Å²) >= 11 is 0. The Hall–Kier alpha value is -1.39. The first-order valence-electron chi connectivity index (χ1n) is 6.45. The molecule has 0 unspecified atom stereocenters. The first kappa shape index (κ1) is 17.6. The zero-order chi connectivity index (χ0) is 14.7. The number of aliphatic hydroxyl groups is 1. The van der Waals surface area contributed by atoms with E-state index in [0.717, 1.165) is 0 Å². The number of ether oxygens (including phenoxy) is 2. The monoisotopic (exact) mass is 268 g/mol. The molecule has 0 saturated carbocycles. The number of rotatable bonds is 5. The highest BCUT2D eigenvalue weighted by molar-refractivity contribution is 5.89. The largest absolute Gasteiger partial charge is 0.460 e. The first-order valence-corrected chi connectivity index (χ1v) is 6.45. The van der Waals surface area contributed by atoms with Crippen molar-refractivity contribution >= 4 is 5.97 Å². The molecule has 0 aliphatic carbocycles. The summed E-state index contributed by atoms with van der Waals surface area (Å²) < 4.78 is 9.94. The van der Waals surface area contributed by atoms with Gasteiger partial charge in [0, 0.05) is 0 Å². The number of aliphatic hydroxyl groups excluding tert-OH is 1. The average molecular weight is 268 g/mol. The topological polar surface area (TPSA) is 55.8 Å². The van der Waals surface area contributed by atoms with Gasteiger partial charge in [-0.25, -0.2) is 4.79 Å². The SMILES string of the molecule is CC(C)OC(C)C.O=C(OCCO)c1ccccc1. The van der Waals surface area contributed by atoms with Gasteiger partial charge >= 0.3 is 5.97 Å². The van der Waals surface area contributed by atoms with E-state index >= 15 is 0 Å². The zero-order valence-corrected chi connectivity index (χ0v) is 12.1. The minimum absolute atomic E-state index is 0.0493. The maximum absolute atomic E-state index is 11.1. The Morgan fingerprint density at radius 1 is 1.11 bits per heavy atom. The standard InChI is InChI=1S/C9H10O3.C6H14O/c10-6-7-12-9(11)8-4-2-1-3-5-8;1-5(2)7-6(3)4/h1-5,10H,6-7H2;5-6H,1-4H3. The van der Waals surface area contributed by atoms with Gasteiger partial charge in [0.05, 0.1) is 24.4 Å². The maximum atomic E-state index is 11.1. The van der Waals surface area contributed by atoms with E-state index in [1.54, 1.807) is 24.3 Å². The van der Waals surface area contributed by atoms with E-state index in [9.17, 15) is 4.79 Å². The first-order chi connectivity index (χ1) is 8.97. The summed E-state index contributed by atoms with van der Waals surface area (Å²) in [5.41, 5.74) is 0.506. The second-order valence-corrected chi connectivity index (χ2v) is 4.46. The predicted molar refractivity (Wildman–Crippen MR) is 75.2 cm³/mol. The molecule has 1 aromatic rings. The average Bonchev–Trinajstić information content (AvgIpc) is 2.36. The van der Waals surface area contributed by atoms with Gasteiger partial charge in [-0.2, -0.15) is 0 Å². The van der Waals surface area contributed by atoms with Crippen LogP contribution in [0.3, 0.4) is 0 Å². The maximum Gasteiger partial charge on any atom is 0.338 e. The zero-order valence-electron chi connectivity index (χ0n) is 12.1. The van der Waals surface area contributed by atoms with Gasteiger partial charge in [-0.05, 0) is 39.8 Å². The lowest BCUT2D eigenvalue weighted by Crippen LogP contribution is -2.09. The van der Waals surface area contributed by atoms with Crippen LogP contribution in [0.1, 0.15) is 38.1 Å². The minimum atomic E-state index is -0.398. The van der Waals surface area contributed by atoms with Gasteiger partial charge in [-0.1, -0.05) is 18.2 Å². The van der Waals surface area contributed by atoms with Crippen LogP contribution in [0.4, 0.5) is 0 Å². The second kappa shape index (κ2) is 10.5. The molecule has 0 aliphatic rings. The summed E-state index contributed by atoms with van der Waals surface area (Å²) in [6.07, 6.45) is 0.750. The number of hydrogen-bond donors (Lipinski definition) is 1. The molecule has 1 aromatic carbocycles. The third-order valence-electron chi connectivity index (χ3n) is 1.88. The van der Waals surface area contributed by atoms with Gasteiger partial charge in [-0.15, -0.1) is 0 Å². The van der Waals surface area contributed by atoms with Crippen LogP contribution < -0.4 is 0 Å². The van der Waals surface area contributed by atoms with E-state index in [2.05, 4.69) is 4.74 Å². The van der Waals surface area contributed by atoms with Gasteiger partial charge in [0.25, 0.3) is 0 Å². The van der Waals surface area contributed by atoms with Crippen molar-refractivity contribution in [1.82, 2.24) is 0 Å². The number of hydrogen-bond acceptors (Lipinski definition) is 4. The van der Waals surface area contributed by atoms with Crippen molar-refractivity contribution in [2.75, 3.05) is 13.2 Å². The molecule has 0 radical (unpaired) electrons. The highest BCUT2D eigenvalue weighted by Crippen LogP contribution is 2.00. The summed E-state index contributed by atoms with van der Waals surface area (Å²) in [7, 11) is 0. The Morgan fingerprint density at radius 3 is 2.00 bits per heavy atom. The van der Waals surface area contributed by atoms with E-state index in [1.165, 1.54) is 0 Å². The molecule has 4 nitrogen and oxygen atoms in total. The van der Waals surface area contributed by atoms with E-state index in [-0.39, 0.29) is 13.2 Å². The van der Waals surface area contributed by atoms with Crippen molar-refractivity contribution in [3.63, 3.8) is 0 Å². The van der Waals surface area contributed by atoms with Crippen LogP contribution in [0.5, 0.6) is 0 Å². The van der Waals surface area contributed by atoms with Crippen LogP contribution >= 0.6 is 0 Å². The fourth-order valence-corrected chi connectivity index (χ4v) is 1.34. The molecular weight excluding hydrogens is 244 g/mol. The number of esters is 1. The van der Waals surface area contributed by atoms with E-state index in [4.69, 9.17) is 9.84 Å². The molecule has 108 valence electrons. The van der Waals surface area contributed by atoms with Gasteiger partial charge in [-0.3, -0.25) is 0 Å². The molecule has 1 N–H and O–H groups in total. The van der Waals surface area contributed by atoms with Crippen molar-refractivity contribution in [1.29, 1.82) is 0 Å². The van der Waals surface area contributed by atoms with Crippen LogP contribution in [-0.2, 0) is 9.47 Å². The van der Waals surface area contributed by atoms with Gasteiger partial charge in [0.2, 0.25) is 0 Å². The Morgan fingerprint density at radius 2 is 1.63 bits per heavy atom. The smallest absolute Gasteiger partial charge is 0.338 e. The molecule has 0 bridgehead atoms. The quantitative estimate of drug-likeness (QED) is 0.834. The number of carbonyl (C=O) groups excluding carboxylic acids is 1. The van der Waals surface area contributed by atoms with Gasteiger partial charge in [0.1, 0.15) is 6.61 Å². The lowest BCUT2D eigenvalue weighted by molar-refractivity contribution is 0.0300. The van der Waals surface area contributed by atoms with Crippen LogP contribution in [0.15, 0.2) is 30.3 Å². The normalized spacial score (nSPS) is 10.1. The van der Waals surface area contributed by atoms with E-state index in [0.29, 0.717) is 17.8 Å². The molecule has 0 saturated heterocycles. The van der Waals surface area contributed by atoms with Crippen LogP contribution in [-0.4, -0.2) is 36.5 Å². The van der Waals surface area contributed by atoms with E-state index < -0.39 is 5.97 Å². The highest BCUT2D eigenvalue weighted by atomic mass is 16.5. The summed E-state index contributed by atoms with van der Waals surface area (Å²) in [6.45, 7) is 8.08. The molecule has 0 amide bonds. The van der Waals surface area contributed by atoms with Crippen LogP contribution in [0.2, 0.25) is 0 Å². The fraction of sp³-hybridized carbons (Fsp3) is 0.533. The van der Waals surface area contributed by atoms with Crippen LogP contribution in [0.25, 0.3) is 0 Å². The van der Waals surface area contributed by atoms with Crippen molar-refractivity contribution in [3.8, 4) is 0 Å². The fourth-order valence-electron chi connectivity index (χ4n) is 1.34. The molecule has 0 spiro atoms. The molecule has 19 heavy (non-hydrogen) atoms. The van der Waals surface area contributed by atoms with E-state index in [1.807, 2.05) is 33.8 Å². The predicted octanol–water partition coefficient (Wildman–Crippen LogP) is 2.66. The molecular formula is C15H24O4. The van der Waals surface area contributed by atoms with Crippen LogP contribution in [0, 0.1) is 0 Å². The van der Waals surface area contributed by atoms with Gasteiger partial charge in [0.15, 0.2) is 0 Å². The van der Waals surface area contributed by atoms with Crippen molar-refractivity contribution in [2.24, 2.45) is 0 Å². The molecule has 0 heterocycles. The Labute approximate surface area is 115 Å². The Kier molecular flexibility index (Phi) is 9.75. The summed E-state index contributed by atoms with van der Waals surface area (Å²) in [6, 6.07) is 8.67. The molecule has 0 atom stereocenters. The molecule has 0 aromatic heterocycles. The highest BCUT2D eigenvalue weighted by Gasteiger charge is 2.03. The Bertz CT molecular complexity index is 327. The second-order valence-electron chi connectivity index (χ2n) is 4.46. The molecule has 4 heteroatoms. The molecule has 0 aliphatic heterocycles. The van der Waals surface area contributed by atoms with Crippen molar-refractivity contribution in [2.45, 2.75) is 39.9 Å². The summed E-state index contributed by atoms with van der Waals surface area (Å²) in [4.78, 5) is 11.1. The third kappa shape index (κ3) is 10.2. The van der Waals surface area contributed by atoms with Gasteiger partial charge < -0.3 is 14.6 Å².